The fourth-order valence-electron chi connectivity index (χ4n) is 2.60. The Morgan fingerprint density at radius 2 is 1.53 bits per heavy atom. The number of nitrogens with one attached hydrogen (secondary N) is 3. The number of ether oxygens (including phenoxy) is 1. The molecule has 0 atom stereocenters. The number of aromatic nitrogens is 1. The number of rotatable bonds is 6. The Morgan fingerprint density at radius 1 is 0.882 bits per heavy atom. The van der Waals surface area contributed by atoms with Gasteiger partial charge < -0.3 is 20.7 Å². The lowest BCUT2D eigenvalue weighted by Crippen LogP contribution is -2.20. The molecule has 0 radical (unpaired) electrons. The van der Waals surface area contributed by atoms with E-state index < -0.39 is 32.9 Å². The number of carbonyl (C=O) groups is 2. The molecule has 7 nitrogen and oxygen atoms in total. The molecule has 1 aromatic heterocycles. The first kappa shape index (κ1) is 24.7. The number of nitrogens with zero attached hydrogens (tertiary/aromatic N) is 1. The van der Waals surface area contributed by atoms with Crippen LogP contribution < -0.4 is 20.7 Å². The zero-order valence-electron chi connectivity index (χ0n) is 17.1. The molecule has 0 saturated carbocycles. The van der Waals surface area contributed by atoms with Crippen LogP contribution in [0.15, 0.2) is 65.7 Å². The summed E-state index contributed by atoms with van der Waals surface area (Å²) in [7, 11) is -8.41. The van der Waals surface area contributed by atoms with Crippen LogP contribution in [0.2, 0.25) is 0 Å². The molecular formula is C20H16F6N4O3S. The molecule has 2 aromatic carbocycles. The predicted octanol–water partition coefficient (Wildman–Crippen LogP) is 6.67. The van der Waals surface area contributed by atoms with Gasteiger partial charge in [0.25, 0.3) is 5.91 Å². The number of benzene rings is 2. The van der Waals surface area contributed by atoms with Crippen LogP contribution >= 0.6 is 10.2 Å². The van der Waals surface area contributed by atoms with E-state index >= 15 is 0 Å². The minimum atomic E-state index is -9.83. The molecule has 0 aliphatic rings. The summed E-state index contributed by atoms with van der Waals surface area (Å²) in [4.78, 5) is 25.4. The average molecular weight is 506 g/mol. The number of pyridine rings is 1. The summed E-state index contributed by atoms with van der Waals surface area (Å²) in [5.41, 5.74) is -0.452. The van der Waals surface area contributed by atoms with Crippen molar-refractivity contribution in [3.8, 4) is 11.5 Å². The number of anilines is 2. The van der Waals surface area contributed by atoms with Crippen LogP contribution in [-0.4, -0.2) is 24.0 Å². The van der Waals surface area contributed by atoms with Crippen molar-refractivity contribution in [2.45, 2.75) is 4.90 Å². The third kappa shape index (κ3) is 6.31. The molecule has 0 fully saturated rings. The maximum atomic E-state index is 14.4. The number of amides is 3. The van der Waals surface area contributed by atoms with Crippen molar-refractivity contribution in [3.05, 3.63) is 72.3 Å². The summed E-state index contributed by atoms with van der Waals surface area (Å²) in [6.45, 7) is 0. The molecule has 3 amide bonds. The molecule has 3 rings (SSSR count). The summed E-state index contributed by atoms with van der Waals surface area (Å²) >= 11 is 0. The van der Waals surface area contributed by atoms with Gasteiger partial charge in [0.2, 0.25) is 0 Å². The van der Waals surface area contributed by atoms with Crippen LogP contribution in [0.25, 0.3) is 0 Å². The van der Waals surface area contributed by atoms with Crippen molar-refractivity contribution in [1.29, 1.82) is 0 Å². The van der Waals surface area contributed by atoms with Gasteiger partial charge in [-0.2, -0.15) is 0 Å². The first-order chi connectivity index (χ1) is 15.6. The topological polar surface area (TPSA) is 92.4 Å². The molecule has 0 saturated heterocycles. The van der Waals surface area contributed by atoms with Crippen molar-refractivity contribution in [2.24, 2.45) is 0 Å². The van der Waals surface area contributed by atoms with E-state index in [0.717, 1.165) is 12.1 Å². The first-order valence-corrected chi connectivity index (χ1v) is 11.2. The second-order valence-corrected chi connectivity index (χ2v) is 9.18. The van der Waals surface area contributed by atoms with Gasteiger partial charge >= 0.3 is 16.3 Å². The lowest BCUT2D eigenvalue weighted by atomic mass is 10.2. The number of carbonyl (C=O) groups excluding carboxylic acids is 2. The third-order valence-corrected chi connectivity index (χ3v) is 5.34. The second-order valence-electron chi connectivity index (χ2n) is 6.77. The SMILES string of the molecule is CNC(=O)c1cc(Oc2ccc(NC(=O)Nc3ccc(S(F)(F)(F)(F)F)cc3)c(F)c2)ccn1. The molecule has 34 heavy (non-hydrogen) atoms. The van der Waals surface area contributed by atoms with E-state index in [2.05, 4.69) is 20.9 Å². The van der Waals surface area contributed by atoms with Crippen molar-refractivity contribution in [3.63, 3.8) is 0 Å². The zero-order chi connectivity index (χ0) is 25.2. The summed E-state index contributed by atoms with van der Waals surface area (Å²) in [5.74, 6) is -1.14. The van der Waals surface area contributed by atoms with E-state index in [1.807, 2.05) is 0 Å². The Labute approximate surface area is 188 Å². The van der Waals surface area contributed by atoms with Crippen LogP contribution in [-0.2, 0) is 0 Å². The smallest absolute Gasteiger partial charge is 0.323 e. The van der Waals surface area contributed by atoms with Gasteiger partial charge in [0.15, 0.2) is 0 Å². The highest BCUT2D eigenvalue weighted by Gasteiger charge is 2.65. The average Bonchev–Trinajstić information content (AvgIpc) is 2.74. The predicted molar refractivity (Wildman–Crippen MR) is 115 cm³/mol. The molecule has 0 unspecified atom stereocenters. The van der Waals surface area contributed by atoms with E-state index in [1.165, 1.54) is 31.4 Å². The lowest BCUT2D eigenvalue weighted by Gasteiger charge is -2.40. The number of urea groups is 1. The van der Waals surface area contributed by atoms with E-state index in [1.54, 1.807) is 0 Å². The van der Waals surface area contributed by atoms with Gasteiger partial charge in [-0.25, -0.2) is 9.18 Å². The molecule has 182 valence electrons. The van der Waals surface area contributed by atoms with E-state index in [4.69, 9.17) is 4.74 Å². The quantitative estimate of drug-likeness (QED) is 0.326. The van der Waals surface area contributed by atoms with Crippen LogP contribution in [0.4, 0.5) is 40.0 Å². The fourth-order valence-corrected chi connectivity index (χ4v) is 3.25. The zero-order valence-corrected chi connectivity index (χ0v) is 17.9. The van der Waals surface area contributed by atoms with Crippen LogP contribution in [0.1, 0.15) is 10.5 Å². The van der Waals surface area contributed by atoms with Crippen LogP contribution in [0.3, 0.4) is 0 Å². The molecule has 0 spiro atoms. The molecule has 1 heterocycles. The molecule has 0 bridgehead atoms. The van der Waals surface area contributed by atoms with Gasteiger partial charge in [0, 0.05) is 31.1 Å². The van der Waals surface area contributed by atoms with Crippen molar-refractivity contribution >= 4 is 33.5 Å². The number of hydrogen-bond donors (Lipinski definition) is 3. The highest BCUT2D eigenvalue weighted by Crippen LogP contribution is 3.02. The molecule has 3 aromatic rings. The van der Waals surface area contributed by atoms with Crippen molar-refractivity contribution in [1.82, 2.24) is 10.3 Å². The van der Waals surface area contributed by atoms with Gasteiger partial charge in [0.1, 0.15) is 27.9 Å². The fraction of sp³-hybridized carbons (Fsp3) is 0.0500. The minimum absolute atomic E-state index is 0.0316. The lowest BCUT2D eigenvalue weighted by molar-refractivity contribution is 0.0957. The Balaban J connectivity index is 1.66. The van der Waals surface area contributed by atoms with Crippen LogP contribution in [0.5, 0.6) is 11.5 Å². The molecular weight excluding hydrogens is 490 g/mol. The summed E-state index contributed by atoms with van der Waals surface area (Å²) in [6.07, 6.45) is 1.32. The monoisotopic (exact) mass is 506 g/mol. The van der Waals surface area contributed by atoms with Crippen molar-refractivity contribution in [2.75, 3.05) is 17.7 Å². The summed E-state index contributed by atoms with van der Waals surface area (Å²) < 4.78 is 83.6. The normalized spacial score (nSPS) is 13.3. The molecule has 0 aliphatic heterocycles. The Kier molecular flexibility index (Phi) is 5.90. The molecule has 14 heteroatoms. The Bertz CT molecular complexity index is 1250. The third-order valence-electron chi connectivity index (χ3n) is 4.17. The van der Waals surface area contributed by atoms with E-state index in [9.17, 15) is 33.4 Å². The molecule has 0 aliphatic carbocycles. The highest BCUT2D eigenvalue weighted by atomic mass is 32.5. The van der Waals surface area contributed by atoms with Crippen LogP contribution in [0, 0.1) is 5.82 Å². The van der Waals surface area contributed by atoms with Gasteiger partial charge in [-0.05, 0) is 42.5 Å². The van der Waals surface area contributed by atoms with E-state index in [-0.39, 0.29) is 40.7 Å². The summed E-state index contributed by atoms with van der Waals surface area (Å²) in [5, 5.41) is 6.63. The van der Waals surface area contributed by atoms with Crippen molar-refractivity contribution < 1.29 is 38.1 Å². The first-order valence-electron chi connectivity index (χ1n) is 9.22. The van der Waals surface area contributed by atoms with Gasteiger partial charge in [-0.1, -0.05) is 19.4 Å². The number of halogens is 6. The Morgan fingerprint density at radius 3 is 2.12 bits per heavy atom. The van der Waals surface area contributed by atoms with Gasteiger partial charge in [0.05, 0.1) is 5.69 Å². The van der Waals surface area contributed by atoms with Gasteiger partial charge in [-0.3, -0.25) is 9.78 Å². The second kappa shape index (κ2) is 8.13. The minimum Gasteiger partial charge on any atom is -0.457 e. The largest absolute Gasteiger partial charge is 0.457 e. The number of hydrogen-bond acceptors (Lipinski definition) is 4. The highest BCUT2D eigenvalue weighted by molar-refractivity contribution is 8.45. The maximum Gasteiger partial charge on any atom is 0.323 e. The standard InChI is InChI=1S/C20H16F6N4O3S/c1-27-19(31)18-11-14(8-9-28-18)33-13-4-7-17(16(21)10-13)30-20(32)29-12-2-5-15(6-3-12)34(22,23,24,25)26/h2-11H,1H3,(H,27,31)(H2,29,30,32). The molecule has 3 N–H and O–H groups in total. The summed E-state index contributed by atoms with van der Waals surface area (Å²) in [6, 6.07) is 6.70. The van der Waals surface area contributed by atoms with Gasteiger partial charge in [-0.15, -0.1) is 0 Å². The Hall–Kier alpha value is -3.94. The maximum absolute atomic E-state index is 14.4. The van der Waals surface area contributed by atoms with E-state index in [0.29, 0.717) is 12.1 Å².